The zero-order valence-electron chi connectivity index (χ0n) is 10.5. The van der Waals surface area contributed by atoms with Gasteiger partial charge in [-0.15, -0.1) is 0 Å². The Kier molecular flexibility index (Phi) is 9.39. The second kappa shape index (κ2) is 9.70. The van der Waals surface area contributed by atoms with Gasteiger partial charge in [0.05, 0.1) is 6.61 Å². The van der Waals surface area contributed by atoms with Gasteiger partial charge < -0.3 is 4.74 Å². The van der Waals surface area contributed by atoms with Crippen LogP contribution in [0.5, 0.6) is 0 Å². The van der Waals surface area contributed by atoms with Gasteiger partial charge in [-0.3, -0.25) is 9.59 Å². The van der Waals surface area contributed by atoms with E-state index in [1.165, 1.54) is 50.8 Å². The fourth-order valence-electron chi connectivity index (χ4n) is 1.62. The minimum Gasteiger partial charge on any atom is -0.466 e. The molecule has 1 aliphatic rings. The van der Waals surface area contributed by atoms with E-state index in [-0.39, 0.29) is 11.1 Å². The fourth-order valence-corrected chi connectivity index (χ4v) is 2.66. The number of carbonyl (C=O) groups excluding carboxylic acids is 2. The van der Waals surface area contributed by atoms with E-state index in [0.717, 1.165) is 0 Å². The SMILES string of the molecule is CC(=O)SC1CCCCC1.CCOC(C)=O. The highest BCUT2D eigenvalue weighted by Gasteiger charge is 2.14. The molecule has 4 heteroatoms. The lowest BCUT2D eigenvalue weighted by Gasteiger charge is -2.18. The Morgan fingerprint density at radius 2 is 1.75 bits per heavy atom. The number of hydrogen-bond acceptors (Lipinski definition) is 4. The lowest BCUT2D eigenvalue weighted by Crippen LogP contribution is -2.09. The van der Waals surface area contributed by atoms with Crippen LogP contribution in [0.1, 0.15) is 52.9 Å². The van der Waals surface area contributed by atoms with Crippen LogP contribution in [-0.2, 0) is 14.3 Å². The van der Waals surface area contributed by atoms with Crippen LogP contribution < -0.4 is 0 Å². The Hall–Kier alpha value is -0.510. The molecule has 1 saturated carbocycles. The summed E-state index contributed by atoms with van der Waals surface area (Å²) in [5.74, 6) is -0.211. The Balaban J connectivity index is 0.000000325. The summed E-state index contributed by atoms with van der Waals surface area (Å²) in [5.41, 5.74) is 0. The van der Waals surface area contributed by atoms with Crippen molar-refractivity contribution in [1.82, 2.24) is 0 Å². The molecule has 1 rings (SSSR count). The van der Waals surface area contributed by atoms with Crippen LogP contribution in [0.4, 0.5) is 0 Å². The van der Waals surface area contributed by atoms with Crippen molar-refractivity contribution in [3.05, 3.63) is 0 Å². The summed E-state index contributed by atoms with van der Waals surface area (Å²) in [4.78, 5) is 20.5. The van der Waals surface area contributed by atoms with Crippen molar-refractivity contribution in [2.75, 3.05) is 6.61 Å². The van der Waals surface area contributed by atoms with E-state index in [9.17, 15) is 9.59 Å². The van der Waals surface area contributed by atoms with Gasteiger partial charge in [-0.25, -0.2) is 0 Å². The van der Waals surface area contributed by atoms with Crippen LogP contribution >= 0.6 is 11.8 Å². The minimum atomic E-state index is -0.211. The predicted molar refractivity (Wildman–Crippen MR) is 67.5 cm³/mol. The highest BCUT2D eigenvalue weighted by molar-refractivity contribution is 8.14. The molecule has 3 nitrogen and oxygen atoms in total. The van der Waals surface area contributed by atoms with Gasteiger partial charge >= 0.3 is 5.97 Å². The molecule has 94 valence electrons. The third-order valence-electron chi connectivity index (χ3n) is 2.23. The Labute approximate surface area is 102 Å². The van der Waals surface area contributed by atoms with Gasteiger partial charge in [0.25, 0.3) is 0 Å². The van der Waals surface area contributed by atoms with Gasteiger partial charge in [0.2, 0.25) is 0 Å². The summed E-state index contributed by atoms with van der Waals surface area (Å²) in [6.45, 7) is 5.32. The van der Waals surface area contributed by atoms with Crippen molar-refractivity contribution in [2.45, 2.75) is 58.1 Å². The number of thioether (sulfide) groups is 1. The summed E-state index contributed by atoms with van der Waals surface area (Å²) in [6, 6.07) is 0. The third-order valence-corrected chi connectivity index (χ3v) is 3.37. The normalized spacial score (nSPS) is 15.9. The molecule has 0 heterocycles. The molecule has 0 N–H and O–H groups in total. The first-order valence-corrected chi connectivity index (χ1v) is 6.74. The topological polar surface area (TPSA) is 43.4 Å². The predicted octanol–water partition coefficient (Wildman–Crippen LogP) is 3.17. The largest absolute Gasteiger partial charge is 0.466 e. The lowest BCUT2D eigenvalue weighted by molar-refractivity contribution is -0.140. The monoisotopic (exact) mass is 246 g/mol. The van der Waals surface area contributed by atoms with E-state index < -0.39 is 0 Å². The van der Waals surface area contributed by atoms with E-state index in [1.54, 1.807) is 13.8 Å². The molecule has 0 bridgehead atoms. The second-order valence-electron chi connectivity index (χ2n) is 3.79. The molecule has 0 saturated heterocycles. The smallest absolute Gasteiger partial charge is 0.302 e. The molecular formula is C12H22O3S. The van der Waals surface area contributed by atoms with Gasteiger partial charge in [-0.1, -0.05) is 31.0 Å². The third kappa shape index (κ3) is 10.0. The van der Waals surface area contributed by atoms with E-state index in [1.807, 2.05) is 0 Å². The zero-order chi connectivity index (χ0) is 12.4. The standard InChI is InChI=1S/C8H14OS.C4H8O2/c1-7(9)10-8-5-3-2-4-6-8;1-3-6-4(2)5/h8H,2-6H2,1H3;3H2,1-2H3. The number of hydrogen-bond donors (Lipinski definition) is 0. The molecular weight excluding hydrogens is 224 g/mol. The molecule has 0 radical (unpaired) electrons. The quantitative estimate of drug-likeness (QED) is 0.702. The number of esters is 1. The number of rotatable bonds is 2. The summed E-state index contributed by atoms with van der Waals surface area (Å²) in [5, 5.41) is 0.929. The van der Waals surface area contributed by atoms with Crippen LogP contribution in [0.3, 0.4) is 0 Å². The van der Waals surface area contributed by atoms with Gasteiger partial charge in [-0.2, -0.15) is 0 Å². The maximum absolute atomic E-state index is 10.7. The molecule has 0 atom stereocenters. The minimum absolute atomic E-state index is 0.211. The van der Waals surface area contributed by atoms with Crippen molar-refractivity contribution in [1.29, 1.82) is 0 Å². The first-order valence-electron chi connectivity index (χ1n) is 5.86. The first kappa shape index (κ1) is 15.5. The molecule has 1 aliphatic carbocycles. The van der Waals surface area contributed by atoms with Crippen molar-refractivity contribution in [3.63, 3.8) is 0 Å². The Morgan fingerprint density at radius 3 is 2.06 bits per heavy atom. The summed E-state index contributed by atoms with van der Waals surface area (Å²) in [6.07, 6.45) is 6.53. The molecule has 0 aliphatic heterocycles. The molecule has 0 aromatic heterocycles. The average Bonchev–Trinajstić information content (AvgIpc) is 2.18. The summed E-state index contributed by atoms with van der Waals surface area (Å²) < 4.78 is 4.40. The van der Waals surface area contributed by atoms with Gasteiger partial charge in [0, 0.05) is 19.1 Å². The maximum atomic E-state index is 10.7. The van der Waals surface area contributed by atoms with E-state index in [2.05, 4.69) is 4.74 Å². The van der Waals surface area contributed by atoms with Crippen molar-refractivity contribution < 1.29 is 14.3 Å². The number of ether oxygens (including phenoxy) is 1. The van der Waals surface area contributed by atoms with Crippen LogP contribution in [0.2, 0.25) is 0 Å². The van der Waals surface area contributed by atoms with E-state index >= 15 is 0 Å². The number of carbonyl (C=O) groups is 2. The van der Waals surface area contributed by atoms with Crippen molar-refractivity contribution >= 4 is 22.8 Å². The molecule has 16 heavy (non-hydrogen) atoms. The van der Waals surface area contributed by atoms with E-state index in [4.69, 9.17) is 0 Å². The van der Waals surface area contributed by atoms with Gasteiger partial charge in [0.15, 0.2) is 5.12 Å². The zero-order valence-corrected chi connectivity index (χ0v) is 11.3. The molecule has 0 unspecified atom stereocenters. The highest BCUT2D eigenvalue weighted by Crippen LogP contribution is 2.28. The molecule has 0 spiro atoms. The molecule has 0 amide bonds. The first-order chi connectivity index (χ1) is 7.56. The van der Waals surface area contributed by atoms with Crippen molar-refractivity contribution in [2.24, 2.45) is 0 Å². The Morgan fingerprint density at radius 1 is 1.19 bits per heavy atom. The highest BCUT2D eigenvalue weighted by atomic mass is 32.2. The van der Waals surface area contributed by atoms with Gasteiger partial charge in [-0.05, 0) is 19.8 Å². The average molecular weight is 246 g/mol. The van der Waals surface area contributed by atoms with Crippen LogP contribution in [0.15, 0.2) is 0 Å². The van der Waals surface area contributed by atoms with Gasteiger partial charge in [0.1, 0.15) is 0 Å². The fraction of sp³-hybridized carbons (Fsp3) is 0.833. The lowest BCUT2D eigenvalue weighted by atomic mass is 10.0. The Bertz CT molecular complexity index is 210. The van der Waals surface area contributed by atoms with Crippen LogP contribution in [0, 0.1) is 0 Å². The van der Waals surface area contributed by atoms with Crippen LogP contribution in [-0.4, -0.2) is 22.9 Å². The molecule has 0 aromatic rings. The second-order valence-corrected chi connectivity index (χ2v) is 5.27. The molecule has 0 aromatic carbocycles. The molecule has 1 fully saturated rings. The van der Waals surface area contributed by atoms with Crippen molar-refractivity contribution in [3.8, 4) is 0 Å². The van der Waals surface area contributed by atoms with E-state index in [0.29, 0.717) is 11.9 Å². The van der Waals surface area contributed by atoms with Crippen LogP contribution in [0.25, 0.3) is 0 Å². The maximum Gasteiger partial charge on any atom is 0.302 e. The summed E-state index contributed by atoms with van der Waals surface area (Å²) in [7, 11) is 0. The summed E-state index contributed by atoms with van der Waals surface area (Å²) >= 11 is 1.54.